The number of ether oxygens (including phenoxy) is 1. The number of aromatic nitrogens is 2. The number of nitrogens with one attached hydrogen (secondary N) is 2. The zero-order valence-electron chi connectivity index (χ0n) is 13.0. The van der Waals surface area contributed by atoms with Crippen LogP contribution in [0.15, 0.2) is 18.2 Å². The van der Waals surface area contributed by atoms with Crippen molar-refractivity contribution in [2.24, 2.45) is 0 Å². The number of esters is 1. The van der Waals surface area contributed by atoms with Gasteiger partial charge < -0.3 is 14.6 Å². The number of nitrogens with zero attached hydrogens (tertiary/aromatic N) is 2. The van der Waals surface area contributed by atoms with E-state index in [1.165, 1.54) is 16.2 Å². The largest absolute Gasteiger partial charge is 0.460 e. The third-order valence-electron chi connectivity index (χ3n) is 3.70. The van der Waals surface area contributed by atoms with E-state index in [-0.39, 0.29) is 41.1 Å². The Hall–Kier alpha value is -2.68. The lowest BCUT2D eigenvalue weighted by molar-refractivity contribution is -0.123. The quantitative estimate of drug-likeness (QED) is 0.637. The highest BCUT2D eigenvalue weighted by atomic mass is 35.5. The first kappa shape index (κ1) is 17.2. The number of rotatable bonds is 4. The number of carbonyl (C=O) groups excluding carboxylic acids is 2. The molecule has 2 heterocycles. The monoisotopic (exact) mass is 370 g/mol. The molecule has 0 bridgehead atoms. The highest BCUT2D eigenvalue weighted by Crippen LogP contribution is 2.36. The maximum absolute atomic E-state index is 13.6. The van der Waals surface area contributed by atoms with Crippen LogP contribution < -0.4 is 10.9 Å². The first-order chi connectivity index (χ1) is 12.0. The number of benzene rings is 1. The number of hydrogen-bond acceptors (Lipinski definition) is 5. The van der Waals surface area contributed by atoms with Gasteiger partial charge in [-0.3, -0.25) is 4.79 Å². The maximum Gasteiger partial charge on any atom is 0.374 e. The number of halogens is 3. The molecule has 3 rings (SSSR count). The van der Waals surface area contributed by atoms with Crippen molar-refractivity contribution in [3.05, 3.63) is 46.1 Å². The van der Waals surface area contributed by atoms with Crippen LogP contribution in [0.2, 0.25) is 5.02 Å². The van der Waals surface area contributed by atoms with E-state index in [1.54, 1.807) is 6.92 Å². The molecule has 0 spiro atoms. The van der Waals surface area contributed by atoms with E-state index in [1.807, 2.05) is 0 Å². The Kier molecular flexibility index (Phi) is 4.58. The summed E-state index contributed by atoms with van der Waals surface area (Å²) in [6.45, 7) is 1.43. The molecule has 0 radical (unpaired) electrons. The predicted molar refractivity (Wildman–Crippen MR) is 84.3 cm³/mol. The van der Waals surface area contributed by atoms with Crippen LogP contribution >= 0.6 is 11.6 Å². The molecule has 1 aliphatic heterocycles. The lowest BCUT2D eigenvalue weighted by Crippen LogP contribution is -2.40. The molecule has 1 aliphatic rings. The van der Waals surface area contributed by atoms with Gasteiger partial charge in [0.25, 0.3) is 0 Å². The van der Waals surface area contributed by atoms with Crippen LogP contribution in [0.4, 0.5) is 14.7 Å². The highest BCUT2D eigenvalue weighted by molar-refractivity contribution is 6.31. The summed E-state index contributed by atoms with van der Waals surface area (Å²) >= 11 is 6.10. The standard InChI is InChI=1S/C15H13ClF2N4O3/c1-2-25-15(24)14-20-13(21-18)12-11(19-10(23)6-22(12)14)8-5-7(17)3-4-9(8)16/h3-5,11,21H,2,6H2,1H3,(H,19,23). The number of amides is 1. The molecular formula is C15H13ClF2N4O3. The lowest BCUT2D eigenvalue weighted by atomic mass is 10.0. The van der Waals surface area contributed by atoms with Gasteiger partial charge in [-0.25, -0.2) is 19.7 Å². The second-order valence-corrected chi connectivity index (χ2v) is 5.64. The second-order valence-electron chi connectivity index (χ2n) is 5.24. The molecule has 2 N–H and O–H groups in total. The van der Waals surface area contributed by atoms with Crippen LogP contribution in [0.5, 0.6) is 0 Å². The molecular weight excluding hydrogens is 358 g/mol. The van der Waals surface area contributed by atoms with Gasteiger partial charge in [-0.1, -0.05) is 11.6 Å². The van der Waals surface area contributed by atoms with Gasteiger partial charge in [0.05, 0.1) is 18.3 Å². The fourth-order valence-corrected chi connectivity index (χ4v) is 2.95. The summed E-state index contributed by atoms with van der Waals surface area (Å²) in [7, 11) is 0. The molecule has 0 saturated heterocycles. The van der Waals surface area contributed by atoms with Crippen LogP contribution in [0, 0.1) is 5.82 Å². The molecule has 0 fully saturated rings. The molecule has 1 aromatic carbocycles. The molecule has 2 aromatic rings. The number of fused-ring (bicyclic) bond motifs is 1. The molecule has 1 amide bonds. The van der Waals surface area contributed by atoms with Gasteiger partial charge in [-0.05, 0) is 25.1 Å². The van der Waals surface area contributed by atoms with Crippen molar-refractivity contribution in [2.45, 2.75) is 19.5 Å². The van der Waals surface area contributed by atoms with Crippen molar-refractivity contribution in [3.8, 4) is 0 Å². The minimum atomic E-state index is -0.988. The van der Waals surface area contributed by atoms with E-state index < -0.39 is 23.7 Å². The van der Waals surface area contributed by atoms with Crippen molar-refractivity contribution in [3.63, 3.8) is 0 Å². The van der Waals surface area contributed by atoms with Crippen molar-refractivity contribution in [1.29, 1.82) is 0 Å². The number of imidazole rings is 1. The van der Waals surface area contributed by atoms with Crippen molar-refractivity contribution < 1.29 is 23.2 Å². The maximum atomic E-state index is 13.6. The third-order valence-corrected chi connectivity index (χ3v) is 4.05. The Morgan fingerprint density at radius 1 is 1.56 bits per heavy atom. The van der Waals surface area contributed by atoms with Crippen molar-refractivity contribution in [1.82, 2.24) is 14.9 Å². The number of anilines is 1. The Morgan fingerprint density at radius 2 is 2.32 bits per heavy atom. The topological polar surface area (TPSA) is 85.2 Å². The zero-order valence-corrected chi connectivity index (χ0v) is 13.7. The Bertz CT molecular complexity index is 856. The first-order valence-electron chi connectivity index (χ1n) is 7.34. The van der Waals surface area contributed by atoms with Gasteiger partial charge in [0.2, 0.25) is 11.7 Å². The predicted octanol–water partition coefficient (Wildman–Crippen LogP) is 2.37. The molecule has 7 nitrogen and oxygen atoms in total. The summed E-state index contributed by atoms with van der Waals surface area (Å²) in [5, 5.41) is 2.78. The number of carbonyl (C=O) groups is 2. The molecule has 10 heteroatoms. The van der Waals surface area contributed by atoms with Crippen LogP contribution in [-0.4, -0.2) is 28.0 Å². The van der Waals surface area contributed by atoms with Crippen LogP contribution in [0.3, 0.4) is 0 Å². The minimum absolute atomic E-state index is 0.0881. The highest BCUT2D eigenvalue weighted by Gasteiger charge is 2.35. The SMILES string of the molecule is CCOC(=O)c1nc(NF)c2n1CC(=O)NC2c1cc(F)ccc1Cl. The molecule has 0 saturated carbocycles. The summed E-state index contributed by atoms with van der Waals surface area (Å²) < 4.78 is 33.0. The van der Waals surface area contributed by atoms with Crippen LogP contribution in [-0.2, 0) is 16.1 Å². The van der Waals surface area contributed by atoms with Gasteiger partial charge in [0.15, 0.2) is 5.82 Å². The summed E-state index contributed by atoms with van der Waals surface area (Å²) in [6.07, 6.45) is 0. The molecule has 25 heavy (non-hydrogen) atoms. The molecule has 1 atom stereocenters. The number of hydrogen-bond donors (Lipinski definition) is 2. The van der Waals surface area contributed by atoms with Gasteiger partial charge in [0, 0.05) is 10.6 Å². The molecule has 1 unspecified atom stereocenters. The van der Waals surface area contributed by atoms with Gasteiger partial charge >= 0.3 is 5.97 Å². The smallest absolute Gasteiger partial charge is 0.374 e. The summed E-state index contributed by atoms with van der Waals surface area (Å²) in [4.78, 5) is 28.0. The van der Waals surface area contributed by atoms with Crippen molar-refractivity contribution in [2.75, 3.05) is 12.1 Å². The summed E-state index contributed by atoms with van der Waals surface area (Å²) in [6, 6.07) is 2.62. The fourth-order valence-electron chi connectivity index (χ4n) is 2.72. The molecule has 132 valence electrons. The van der Waals surface area contributed by atoms with E-state index in [2.05, 4.69) is 10.3 Å². The summed E-state index contributed by atoms with van der Waals surface area (Å²) in [5.74, 6) is -2.36. The van der Waals surface area contributed by atoms with Gasteiger partial charge in [-0.2, -0.15) is 0 Å². The zero-order chi connectivity index (χ0) is 18.1. The first-order valence-corrected chi connectivity index (χ1v) is 7.72. The van der Waals surface area contributed by atoms with E-state index in [0.717, 1.165) is 12.1 Å². The summed E-state index contributed by atoms with van der Waals surface area (Å²) in [5.41, 5.74) is 1.74. The Morgan fingerprint density at radius 3 is 3.00 bits per heavy atom. The molecule has 0 aliphatic carbocycles. The Labute approximate surface area is 145 Å². The van der Waals surface area contributed by atoms with E-state index in [0.29, 0.717) is 0 Å². The van der Waals surface area contributed by atoms with E-state index in [4.69, 9.17) is 16.3 Å². The lowest BCUT2D eigenvalue weighted by Gasteiger charge is -2.27. The van der Waals surface area contributed by atoms with Crippen molar-refractivity contribution >= 4 is 29.3 Å². The van der Waals surface area contributed by atoms with Gasteiger partial charge in [0.1, 0.15) is 12.4 Å². The van der Waals surface area contributed by atoms with Crippen LogP contribution in [0.25, 0.3) is 0 Å². The average Bonchev–Trinajstić information content (AvgIpc) is 2.95. The Balaban J connectivity index is 2.19. The third kappa shape index (κ3) is 3.02. The minimum Gasteiger partial charge on any atom is -0.460 e. The van der Waals surface area contributed by atoms with E-state index in [9.17, 15) is 18.5 Å². The second kappa shape index (κ2) is 6.67. The van der Waals surface area contributed by atoms with E-state index >= 15 is 0 Å². The fraction of sp³-hybridized carbons (Fsp3) is 0.267. The molecule has 1 aromatic heterocycles. The normalized spacial score (nSPS) is 16.2. The average molecular weight is 371 g/mol. The van der Waals surface area contributed by atoms with Gasteiger partial charge in [-0.15, -0.1) is 4.48 Å². The van der Waals surface area contributed by atoms with Crippen LogP contribution in [0.1, 0.15) is 34.8 Å².